The Morgan fingerprint density at radius 2 is 1.77 bits per heavy atom. The highest BCUT2D eigenvalue weighted by Crippen LogP contribution is 2.31. The lowest BCUT2D eigenvalue weighted by Gasteiger charge is -2.24. The van der Waals surface area contributed by atoms with E-state index in [1.54, 1.807) is 30.3 Å². The van der Waals surface area contributed by atoms with Crippen LogP contribution in [0.25, 0.3) is 0 Å². The van der Waals surface area contributed by atoms with Gasteiger partial charge in [0, 0.05) is 18.2 Å². The first-order valence-corrected chi connectivity index (χ1v) is 8.52. The first-order chi connectivity index (χ1) is 12.2. The third-order valence-corrected chi connectivity index (χ3v) is 4.19. The van der Waals surface area contributed by atoms with Crippen LogP contribution in [0.5, 0.6) is 0 Å². The van der Waals surface area contributed by atoms with Gasteiger partial charge in [0.25, 0.3) is 0 Å². The molecule has 5 nitrogen and oxygen atoms in total. The molecule has 136 valence electrons. The molecule has 0 heterocycles. The van der Waals surface area contributed by atoms with E-state index in [0.717, 1.165) is 11.1 Å². The molecule has 2 rings (SSSR count). The van der Waals surface area contributed by atoms with Crippen LogP contribution in [0.1, 0.15) is 35.3 Å². The normalized spacial score (nSPS) is 10.3. The molecular formula is C20H21ClN2O3. The zero-order valence-corrected chi connectivity index (χ0v) is 16.0. The highest BCUT2D eigenvalue weighted by atomic mass is 35.5. The lowest BCUT2D eigenvalue weighted by molar-refractivity contribution is -0.120. The highest BCUT2D eigenvalue weighted by Gasteiger charge is 2.21. The molecule has 0 radical (unpaired) electrons. The molecule has 0 unspecified atom stereocenters. The van der Waals surface area contributed by atoms with Crippen molar-refractivity contribution in [1.29, 1.82) is 0 Å². The van der Waals surface area contributed by atoms with Gasteiger partial charge in [-0.15, -0.1) is 0 Å². The summed E-state index contributed by atoms with van der Waals surface area (Å²) >= 11 is 6.31. The molecule has 0 spiro atoms. The molecular weight excluding hydrogens is 352 g/mol. The van der Waals surface area contributed by atoms with Gasteiger partial charge in [-0.25, -0.2) is 0 Å². The molecule has 2 amide bonds. The summed E-state index contributed by atoms with van der Waals surface area (Å²) in [5.41, 5.74) is 3.32. The number of carbonyl (C=O) groups excluding carboxylic acids is 3. The molecule has 2 aromatic rings. The zero-order chi connectivity index (χ0) is 19.4. The van der Waals surface area contributed by atoms with Crippen molar-refractivity contribution >= 4 is 40.6 Å². The maximum atomic E-state index is 12.4. The van der Waals surface area contributed by atoms with Crippen molar-refractivity contribution < 1.29 is 14.4 Å². The number of nitrogens with one attached hydrogen (secondary N) is 1. The summed E-state index contributed by atoms with van der Waals surface area (Å²) in [6.07, 6.45) is 0. The molecule has 0 aliphatic heterocycles. The fourth-order valence-electron chi connectivity index (χ4n) is 2.76. The van der Waals surface area contributed by atoms with Crippen molar-refractivity contribution in [2.75, 3.05) is 16.8 Å². The summed E-state index contributed by atoms with van der Waals surface area (Å²) in [4.78, 5) is 37.4. The van der Waals surface area contributed by atoms with Gasteiger partial charge >= 0.3 is 0 Å². The molecule has 0 aliphatic rings. The van der Waals surface area contributed by atoms with Crippen LogP contribution < -0.4 is 10.2 Å². The van der Waals surface area contributed by atoms with Gasteiger partial charge in [-0.2, -0.15) is 0 Å². The number of hydrogen-bond donors (Lipinski definition) is 1. The minimum Gasteiger partial charge on any atom is -0.325 e. The molecule has 0 fully saturated rings. The van der Waals surface area contributed by atoms with Crippen molar-refractivity contribution in [1.82, 2.24) is 0 Å². The molecule has 2 aromatic carbocycles. The van der Waals surface area contributed by atoms with Crippen LogP contribution in [0.15, 0.2) is 36.4 Å². The smallest absolute Gasteiger partial charge is 0.244 e. The monoisotopic (exact) mass is 372 g/mol. The minimum absolute atomic E-state index is 0.0893. The molecule has 0 bridgehead atoms. The number of halogens is 1. The van der Waals surface area contributed by atoms with Crippen molar-refractivity contribution in [2.24, 2.45) is 0 Å². The topological polar surface area (TPSA) is 66.5 Å². The number of nitrogens with zero attached hydrogens (tertiary/aromatic N) is 1. The van der Waals surface area contributed by atoms with Crippen molar-refractivity contribution in [2.45, 2.75) is 27.7 Å². The lowest BCUT2D eigenvalue weighted by atomic mass is 10.1. The SMILES string of the molecule is CC(=O)c1cccc(NC(=O)CN(C(C)=O)c2c(C)cc(C)cc2Cl)c1. The van der Waals surface area contributed by atoms with E-state index >= 15 is 0 Å². The van der Waals surface area contributed by atoms with E-state index in [0.29, 0.717) is 22.0 Å². The minimum atomic E-state index is -0.378. The van der Waals surface area contributed by atoms with Gasteiger partial charge in [0.05, 0.1) is 10.7 Å². The second-order valence-electron chi connectivity index (χ2n) is 6.20. The number of amides is 2. The highest BCUT2D eigenvalue weighted by molar-refractivity contribution is 6.34. The summed E-state index contributed by atoms with van der Waals surface area (Å²) in [5, 5.41) is 3.13. The first-order valence-electron chi connectivity index (χ1n) is 8.14. The number of carbonyl (C=O) groups is 3. The van der Waals surface area contributed by atoms with E-state index < -0.39 is 0 Å². The maximum absolute atomic E-state index is 12.4. The maximum Gasteiger partial charge on any atom is 0.244 e. The third-order valence-electron chi connectivity index (χ3n) is 3.90. The van der Waals surface area contributed by atoms with Crippen LogP contribution >= 0.6 is 11.6 Å². The van der Waals surface area contributed by atoms with E-state index in [1.807, 2.05) is 19.9 Å². The van der Waals surface area contributed by atoms with Crippen LogP contribution in [0.2, 0.25) is 5.02 Å². The Morgan fingerprint density at radius 1 is 1.08 bits per heavy atom. The zero-order valence-electron chi connectivity index (χ0n) is 15.2. The molecule has 0 atom stereocenters. The van der Waals surface area contributed by atoms with Crippen molar-refractivity contribution in [3.8, 4) is 0 Å². The van der Waals surface area contributed by atoms with Gasteiger partial charge in [0.15, 0.2) is 5.78 Å². The van der Waals surface area contributed by atoms with Crippen LogP contribution in [0.3, 0.4) is 0 Å². The average Bonchev–Trinajstić information content (AvgIpc) is 2.53. The molecule has 26 heavy (non-hydrogen) atoms. The molecule has 1 N–H and O–H groups in total. The van der Waals surface area contributed by atoms with Crippen LogP contribution in [0, 0.1) is 13.8 Å². The summed E-state index contributed by atoms with van der Waals surface area (Å²) in [6, 6.07) is 10.3. The van der Waals surface area contributed by atoms with Gasteiger partial charge in [-0.05, 0) is 50.1 Å². The van der Waals surface area contributed by atoms with E-state index in [9.17, 15) is 14.4 Å². The Balaban J connectivity index is 2.23. The number of anilines is 2. The second kappa shape index (κ2) is 8.15. The van der Waals surface area contributed by atoms with E-state index in [2.05, 4.69) is 5.32 Å². The number of hydrogen-bond acceptors (Lipinski definition) is 3. The van der Waals surface area contributed by atoms with E-state index in [1.165, 1.54) is 18.7 Å². The Kier molecular flexibility index (Phi) is 6.16. The Morgan fingerprint density at radius 3 is 2.35 bits per heavy atom. The number of aryl methyl sites for hydroxylation is 2. The van der Waals surface area contributed by atoms with Crippen molar-refractivity contribution in [3.05, 3.63) is 58.1 Å². The van der Waals surface area contributed by atoms with Crippen molar-refractivity contribution in [3.63, 3.8) is 0 Å². The second-order valence-corrected chi connectivity index (χ2v) is 6.61. The lowest BCUT2D eigenvalue weighted by Crippen LogP contribution is -2.37. The van der Waals surface area contributed by atoms with Gasteiger partial charge < -0.3 is 10.2 Å². The molecule has 0 aliphatic carbocycles. The summed E-state index contributed by atoms with van der Waals surface area (Å²) in [7, 11) is 0. The standard InChI is InChI=1S/C20H21ClN2O3/c1-12-8-13(2)20(18(21)9-12)23(15(4)25)11-19(26)22-17-7-5-6-16(10-17)14(3)24/h5-10H,11H2,1-4H3,(H,22,26). The largest absolute Gasteiger partial charge is 0.325 e. The summed E-state index contributed by atoms with van der Waals surface area (Å²) < 4.78 is 0. The molecule has 0 saturated heterocycles. The van der Waals surface area contributed by atoms with Gasteiger partial charge in [0.1, 0.15) is 6.54 Å². The molecule has 6 heteroatoms. The van der Waals surface area contributed by atoms with Crippen LogP contribution in [-0.4, -0.2) is 24.1 Å². The number of benzene rings is 2. The third kappa shape index (κ3) is 4.70. The summed E-state index contributed by atoms with van der Waals surface area (Å²) in [6.45, 7) is 6.43. The number of ketones is 1. The molecule has 0 saturated carbocycles. The van der Waals surface area contributed by atoms with E-state index in [-0.39, 0.29) is 24.1 Å². The average molecular weight is 373 g/mol. The molecule has 0 aromatic heterocycles. The fourth-order valence-corrected chi connectivity index (χ4v) is 3.18. The predicted octanol–water partition coefficient (Wildman–Crippen LogP) is 4.15. The Labute approximate surface area is 158 Å². The van der Waals surface area contributed by atoms with Gasteiger partial charge in [-0.3, -0.25) is 14.4 Å². The predicted molar refractivity (Wildman–Crippen MR) is 104 cm³/mol. The number of rotatable bonds is 5. The van der Waals surface area contributed by atoms with Gasteiger partial charge in [0.2, 0.25) is 11.8 Å². The quantitative estimate of drug-likeness (QED) is 0.801. The van der Waals surface area contributed by atoms with Gasteiger partial charge in [-0.1, -0.05) is 29.8 Å². The number of Topliss-reactive ketones (excluding diaryl/α,β-unsaturated/α-hetero) is 1. The Bertz CT molecular complexity index is 854. The first kappa shape index (κ1) is 19.7. The summed E-state index contributed by atoms with van der Waals surface area (Å²) in [5.74, 6) is -0.753. The Hall–Kier alpha value is -2.66. The van der Waals surface area contributed by atoms with Crippen LogP contribution in [0.4, 0.5) is 11.4 Å². The van der Waals surface area contributed by atoms with Crippen LogP contribution in [-0.2, 0) is 9.59 Å². The van der Waals surface area contributed by atoms with E-state index in [4.69, 9.17) is 11.6 Å². The fraction of sp³-hybridized carbons (Fsp3) is 0.250.